The lowest BCUT2D eigenvalue weighted by Gasteiger charge is -2.20. The molecule has 0 heterocycles. The van der Waals surface area contributed by atoms with Crippen molar-refractivity contribution in [3.8, 4) is 0 Å². The van der Waals surface area contributed by atoms with Crippen LogP contribution in [0.1, 0.15) is 46.5 Å². The van der Waals surface area contributed by atoms with Crippen LogP contribution in [-0.2, 0) is 0 Å². The molecule has 1 nitrogen and oxygen atoms in total. The number of hydrogen-bond donors (Lipinski definition) is 1. The molecule has 66 valence electrons. The zero-order chi connectivity index (χ0) is 8.32. The van der Waals surface area contributed by atoms with Crippen LogP contribution in [0.5, 0.6) is 0 Å². The highest BCUT2D eigenvalue weighted by Gasteiger charge is 2.20. The van der Waals surface area contributed by atoms with Gasteiger partial charge in [-0.05, 0) is 46.1 Å². The molecule has 1 fully saturated rings. The SMILES string of the molecule is CC(C)(C)NCCCC1CC1. The molecule has 1 aliphatic carbocycles. The second kappa shape index (κ2) is 3.57. The second-order valence-corrected chi connectivity index (χ2v) is 4.76. The fourth-order valence-electron chi connectivity index (χ4n) is 1.26. The Morgan fingerprint density at radius 2 is 1.91 bits per heavy atom. The van der Waals surface area contributed by atoms with Crippen molar-refractivity contribution in [3.63, 3.8) is 0 Å². The smallest absolute Gasteiger partial charge is 0.00965 e. The third kappa shape index (κ3) is 5.25. The summed E-state index contributed by atoms with van der Waals surface area (Å²) in [7, 11) is 0. The first-order valence-corrected chi connectivity index (χ1v) is 4.83. The maximum absolute atomic E-state index is 3.50. The number of nitrogens with one attached hydrogen (secondary N) is 1. The lowest BCUT2D eigenvalue weighted by Crippen LogP contribution is -2.36. The summed E-state index contributed by atoms with van der Waals surface area (Å²) in [6, 6.07) is 0. The van der Waals surface area contributed by atoms with E-state index in [4.69, 9.17) is 0 Å². The van der Waals surface area contributed by atoms with Crippen molar-refractivity contribution in [1.82, 2.24) is 5.32 Å². The molecule has 0 radical (unpaired) electrons. The maximum atomic E-state index is 3.50. The first-order chi connectivity index (χ1) is 5.08. The molecule has 0 aliphatic heterocycles. The highest BCUT2D eigenvalue weighted by Crippen LogP contribution is 2.33. The largest absolute Gasteiger partial charge is 0.312 e. The highest BCUT2D eigenvalue weighted by molar-refractivity contribution is 4.75. The van der Waals surface area contributed by atoms with Crippen LogP contribution in [0.3, 0.4) is 0 Å². The lowest BCUT2D eigenvalue weighted by atomic mass is 10.1. The summed E-state index contributed by atoms with van der Waals surface area (Å²) in [6.07, 6.45) is 5.80. The molecule has 0 bridgehead atoms. The Morgan fingerprint density at radius 1 is 1.27 bits per heavy atom. The average Bonchev–Trinajstić information content (AvgIpc) is 2.60. The van der Waals surface area contributed by atoms with Crippen molar-refractivity contribution in [1.29, 1.82) is 0 Å². The summed E-state index contributed by atoms with van der Waals surface area (Å²) in [5.74, 6) is 1.09. The topological polar surface area (TPSA) is 12.0 Å². The summed E-state index contributed by atoms with van der Waals surface area (Å²) in [6.45, 7) is 7.87. The molecule has 0 aromatic heterocycles. The third-order valence-corrected chi connectivity index (χ3v) is 2.14. The normalized spacial score (nSPS) is 18.8. The molecule has 0 amide bonds. The van der Waals surface area contributed by atoms with E-state index in [1.165, 1.54) is 32.2 Å². The van der Waals surface area contributed by atoms with Gasteiger partial charge in [0.1, 0.15) is 0 Å². The Morgan fingerprint density at radius 3 is 2.36 bits per heavy atom. The molecule has 1 aliphatic rings. The van der Waals surface area contributed by atoms with Gasteiger partial charge in [0.25, 0.3) is 0 Å². The summed E-state index contributed by atoms with van der Waals surface area (Å²) < 4.78 is 0. The summed E-state index contributed by atoms with van der Waals surface area (Å²) >= 11 is 0. The average molecular weight is 155 g/mol. The Balaban J connectivity index is 1.87. The van der Waals surface area contributed by atoms with Gasteiger partial charge in [-0.2, -0.15) is 0 Å². The van der Waals surface area contributed by atoms with E-state index in [9.17, 15) is 0 Å². The van der Waals surface area contributed by atoms with Crippen molar-refractivity contribution in [2.45, 2.75) is 52.0 Å². The maximum Gasteiger partial charge on any atom is 0.00965 e. The molecule has 0 atom stereocenters. The zero-order valence-electron chi connectivity index (χ0n) is 8.11. The van der Waals surface area contributed by atoms with E-state index < -0.39 is 0 Å². The van der Waals surface area contributed by atoms with E-state index in [-0.39, 0.29) is 0 Å². The quantitative estimate of drug-likeness (QED) is 0.615. The van der Waals surface area contributed by atoms with Crippen LogP contribution in [-0.4, -0.2) is 12.1 Å². The molecule has 11 heavy (non-hydrogen) atoms. The minimum atomic E-state index is 0.309. The lowest BCUT2D eigenvalue weighted by molar-refractivity contribution is 0.415. The van der Waals surface area contributed by atoms with E-state index in [0.717, 1.165) is 5.92 Å². The predicted molar refractivity (Wildman–Crippen MR) is 49.7 cm³/mol. The summed E-state index contributed by atoms with van der Waals surface area (Å²) in [5, 5.41) is 3.50. The standard InChI is InChI=1S/C10H21N/c1-10(2,3)11-8-4-5-9-6-7-9/h9,11H,4-8H2,1-3H3. The van der Waals surface area contributed by atoms with Gasteiger partial charge in [0, 0.05) is 5.54 Å². The van der Waals surface area contributed by atoms with Gasteiger partial charge in [-0.15, -0.1) is 0 Å². The Labute approximate surface area is 70.6 Å². The molecular weight excluding hydrogens is 134 g/mol. The first-order valence-electron chi connectivity index (χ1n) is 4.83. The van der Waals surface area contributed by atoms with Gasteiger partial charge in [-0.3, -0.25) is 0 Å². The molecule has 0 saturated heterocycles. The van der Waals surface area contributed by atoms with Crippen LogP contribution in [0.2, 0.25) is 0 Å². The number of hydrogen-bond acceptors (Lipinski definition) is 1. The monoisotopic (exact) mass is 155 g/mol. The molecule has 1 saturated carbocycles. The van der Waals surface area contributed by atoms with Crippen LogP contribution in [0.15, 0.2) is 0 Å². The third-order valence-electron chi connectivity index (χ3n) is 2.14. The zero-order valence-corrected chi connectivity index (χ0v) is 8.11. The number of rotatable bonds is 4. The molecule has 0 aromatic rings. The van der Waals surface area contributed by atoms with Crippen LogP contribution < -0.4 is 5.32 Å². The molecule has 1 heteroatoms. The van der Waals surface area contributed by atoms with Gasteiger partial charge in [0.05, 0.1) is 0 Å². The minimum Gasteiger partial charge on any atom is -0.312 e. The fraction of sp³-hybridized carbons (Fsp3) is 1.00. The predicted octanol–water partition coefficient (Wildman–Crippen LogP) is 2.56. The molecule has 0 spiro atoms. The van der Waals surface area contributed by atoms with Crippen molar-refractivity contribution >= 4 is 0 Å². The van der Waals surface area contributed by atoms with Gasteiger partial charge in [-0.25, -0.2) is 0 Å². The molecular formula is C10H21N. The Hall–Kier alpha value is -0.0400. The van der Waals surface area contributed by atoms with Gasteiger partial charge in [0.15, 0.2) is 0 Å². The molecule has 0 aromatic carbocycles. The van der Waals surface area contributed by atoms with Crippen LogP contribution in [0.4, 0.5) is 0 Å². The van der Waals surface area contributed by atoms with Crippen molar-refractivity contribution < 1.29 is 0 Å². The second-order valence-electron chi connectivity index (χ2n) is 4.76. The Kier molecular flexibility index (Phi) is 2.94. The summed E-state index contributed by atoms with van der Waals surface area (Å²) in [5.41, 5.74) is 0.309. The van der Waals surface area contributed by atoms with Crippen LogP contribution in [0, 0.1) is 5.92 Å². The fourth-order valence-corrected chi connectivity index (χ4v) is 1.26. The van der Waals surface area contributed by atoms with Gasteiger partial charge in [0.2, 0.25) is 0 Å². The van der Waals surface area contributed by atoms with E-state index >= 15 is 0 Å². The van der Waals surface area contributed by atoms with Gasteiger partial charge >= 0.3 is 0 Å². The molecule has 1 N–H and O–H groups in total. The van der Waals surface area contributed by atoms with Crippen molar-refractivity contribution in [2.24, 2.45) is 5.92 Å². The van der Waals surface area contributed by atoms with E-state index in [1.54, 1.807) is 0 Å². The first kappa shape index (κ1) is 9.05. The molecule has 0 unspecified atom stereocenters. The van der Waals surface area contributed by atoms with E-state index in [0.29, 0.717) is 5.54 Å². The van der Waals surface area contributed by atoms with Crippen LogP contribution >= 0.6 is 0 Å². The van der Waals surface area contributed by atoms with Crippen LogP contribution in [0.25, 0.3) is 0 Å². The van der Waals surface area contributed by atoms with Gasteiger partial charge in [-0.1, -0.05) is 12.8 Å². The highest BCUT2D eigenvalue weighted by atomic mass is 14.9. The van der Waals surface area contributed by atoms with Gasteiger partial charge < -0.3 is 5.32 Å². The summed E-state index contributed by atoms with van der Waals surface area (Å²) in [4.78, 5) is 0. The Bertz CT molecular complexity index is 109. The van der Waals surface area contributed by atoms with E-state index in [1.807, 2.05) is 0 Å². The van der Waals surface area contributed by atoms with E-state index in [2.05, 4.69) is 26.1 Å². The minimum absolute atomic E-state index is 0.309. The van der Waals surface area contributed by atoms with Crippen molar-refractivity contribution in [3.05, 3.63) is 0 Å². The van der Waals surface area contributed by atoms with Crippen molar-refractivity contribution in [2.75, 3.05) is 6.54 Å². The molecule has 1 rings (SSSR count).